The fraction of sp³-hybridized carbons (Fsp3) is 0.100. The summed E-state index contributed by atoms with van der Waals surface area (Å²) in [5, 5.41) is 6.32. The highest BCUT2D eigenvalue weighted by Crippen LogP contribution is 2.44. The van der Waals surface area contributed by atoms with E-state index in [4.69, 9.17) is 46.3 Å². The Balaban J connectivity index is 1.53. The number of aromatic nitrogens is 6. The lowest BCUT2D eigenvalue weighted by molar-refractivity contribution is 0.934. The number of benzene rings is 2. The molecule has 35 heavy (non-hydrogen) atoms. The Morgan fingerprint density at radius 1 is 0.686 bits per heavy atom. The van der Waals surface area contributed by atoms with Gasteiger partial charge in [-0.1, -0.05) is 80.7 Å². The number of nitrogen functional groups attached to an aromatic ring is 2. The van der Waals surface area contributed by atoms with E-state index in [1.807, 2.05) is 48.5 Å². The molecule has 0 saturated heterocycles. The molecule has 0 spiro atoms. The van der Waals surface area contributed by atoms with Gasteiger partial charge in [-0.2, -0.15) is 29.9 Å². The molecule has 180 valence electrons. The number of nitrogens with zero attached hydrogens (tertiary/aromatic N) is 6. The van der Waals surface area contributed by atoms with Crippen molar-refractivity contribution >= 4 is 91.6 Å². The molecule has 0 unspecified atom stereocenters. The molecule has 4 aromatic rings. The van der Waals surface area contributed by atoms with Crippen LogP contribution in [0.4, 0.5) is 35.2 Å². The maximum atomic E-state index is 5.91. The molecule has 6 N–H and O–H groups in total. The molecule has 0 aliphatic carbocycles. The molecule has 2 aromatic heterocycles. The molecule has 4 rings (SSSR count). The minimum atomic E-state index is -1.84. The lowest BCUT2D eigenvalue weighted by Gasteiger charge is -2.14. The van der Waals surface area contributed by atoms with Gasteiger partial charge < -0.3 is 22.1 Å². The highest BCUT2D eigenvalue weighted by Gasteiger charge is 2.28. The van der Waals surface area contributed by atoms with Crippen LogP contribution in [0.2, 0.25) is 0 Å². The first-order valence-corrected chi connectivity index (χ1v) is 13.1. The highest BCUT2D eigenvalue weighted by atomic mass is 35.6. The summed E-state index contributed by atoms with van der Waals surface area (Å²) in [5.41, 5.74) is 13.1. The number of nitrogens with two attached hydrogens (primary N) is 2. The van der Waals surface area contributed by atoms with E-state index in [1.54, 1.807) is 6.92 Å². The number of alkyl halides is 3. The van der Waals surface area contributed by atoms with Crippen molar-refractivity contribution in [3.63, 3.8) is 0 Å². The van der Waals surface area contributed by atoms with Crippen LogP contribution < -0.4 is 22.1 Å². The third-order valence-electron chi connectivity index (χ3n) is 4.16. The Labute approximate surface area is 223 Å². The molecule has 0 fully saturated rings. The van der Waals surface area contributed by atoms with Crippen molar-refractivity contribution in [3.8, 4) is 0 Å². The van der Waals surface area contributed by atoms with Gasteiger partial charge in [-0.15, -0.1) is 0 Å². The lowest BCUT2D eigenvalue weighted by atomic mass is 10.3. The SMILES string of the molecule is Cc1nc(N)nc(Nc2ccccc2SSc2ccccc2Nc2nc(N)nc(C(Cl)(Cl)Cl)n2)n1. The fourth-order valence-corrected chi connectivity index (χ4v) is 5.28. The summed E-state index contributed by atoms with van der Waals surface area (Å²) in [4.78, 5) is 26.4. The molecule has 0 radical (unpaired) electrons. The van der Waals surface area contributed by atoms with Crippen LogP contribution in [-0.4, -0.2) is 29.9 Å². The average Bonchev–Trinajstić information content (AvgIpc) is 2.78. The third kappa shape index (κ3) is 6.89. The van der Waals surface area contributed by atoms with E-state index in [2.05, 4.69) is 40.5 Å². The van der Waals surface area contributed by atoms with Crippen molar-refractivity contribution in [1.82, 2.24) is 29.9 Å². The zero-order chi connectivity index (χ0) is 25.0. The number of nitrogens with one attached hydrogen (secondary N) is 2. The summed E-state index contributed by atoms with van der Waals surface area (Å²) in [5.74, 6) is 1.05. The van der Waals surface area contributed by atoms with Crippen molar-refractivity contribution in [2.75, 3.05) is 22.1 Å². The largest absolute Gasteiger partial charge is 0.368 e. The van der Waals surface area contributed by atoms with E-state index >= 15 is 0 Å². The van der Waals surface area contributed by atoms with Gasteiger partial charge in [-0.05, 0) is 31.2 Å². The van der Waals surface area contributed by atoms with E-state index < -0.39 is 3.79 Å². The summed E-state index contributed by atoms with van der Waals surface area (Å²) in [6.07, 6.45) is 0. The Hall–Kier alpha value is -2.77. The van der Waals surface area contributed by atoms with E-state index in [-0.39, 0.29) is 23.7 Å². The zero-order valence-electron chi connectivity index (χ0n) is 17.9. The second-order valence-corrected chi connectivity index (χ2v) is 11.3. The molecular formula is C20H17Cl3N10S2. The summed E-state index contributed by atoms with van der Waals surface area (Å²) in [6, 6.07) is 15.4. The van der Waals surface area contributed by atoms with Crippen molar-refractivity contribution in [2.45, 2.75) is 20.5 Å². The molecule has 2 aromatic carbocycles. The molecule has 0 aliphatic rings. The molecule has 0 bridgehead atoms. The van der Waals surface area contributed by atoms with E-state index in [9.17, 15) is 0 Å². The van der Waals surface area contributed by atoms with Gasteiger partial charge in [0.15, 0.2) is 5.82 Å². The van der Waals surface area contributed by atoms with Crippen molar-refractivity contribution < 1.29 is 0 Å². The van der Waals surface area contributed by atoms with Crippen molar-refractivity contribution in [2.24, 2.45) is 0 Å². The van der Waals surface area contributed by atoms with Crippen molar-refractivity contribution in [3.05, 3.63) is 60.2 Å². The number of hydrogen-bond acceptors (Lipinski definition) is 12. The van der Waals surface area contributed by atoms with Crippen LogP contribution in [0.25, 0.3) is 0 Å². The molecule has 0 atom stereocenters. The van der Waals surface area contributed by atoms with Gasteiger partial charge in [0.05, 0.1) is 11.4 Å². The molecule has 10 nitrogen and oxygen atoms in total. The Morgan fingerprint density at radius 3 is 1.69 bits per heavy atom. The normalized spacial score (nSPS) is 11.3. The highest BCUT2D eigenvalue weighted by molar-refractivity contribution is 8.76. The van der Waals surface area contributed by atoms with Crippen LogP contribution >= 0.6 is 56.4 Å². The number of rotatable bonds is 7. The number of halogens is 3. The summed E-state index contributed by atoms with van der Waals surface area (Å²) >= 11 is 17.7. The number of anilines is 6. The molecule has 15 heteroatoms. The second-order valence-electron chi connectivity index (χ2n) is 6.81. The van der Waals surface area contributed by atoms with Gasteiger partial charge in [0.2, 0.25) is 27.6 Å². The zero-order valence-corrected chi connectivity index (χ0v) is 21.8. The van der Waals surface area contributed by atoms with Crippen molar-refractivity contribution in [1.29, 1.82) is 0 Å². The van der Waals surface area contributed by atoms with Gasteiger partial charge in [-0.3, -0.25) is 0 Å². The van der Waals surface area contributed by atoms with Crippen LogP contribution in [0.1, 0.15) is 11.6 Å². The maximum absolute atomic E-state index is 5.91. The van der Waals surface area contributed by atoms with Crippen LogP contribution in [0.15, 0.2) is 58.3 Å². The Bertz CT molecular complexity index is 1330. The van der Waals surface area contributed by atoms with Crippen LogP contribution in [-0.2, 0) is 3.79 Å². The predicted molar refractivity (Wildman–Crippen MR) is 144 cm³/mol. The van der Waals surface area contributed by atoms with E-state index in [0.717, 1.165) is 21.2 Å². The summed E-state index contributed by atoms with van der Waals surface area (Å²) in [6.45, 7) is 1.75. The van der Waals surface area contributed by atoms with Gasteiger partial charge >= 0.3 is 0 Å². The van der Waals surface area contributed by atoms with Crippen LogP contribution in [0.5, 0.6) is 0 Å². The first-order valence-electron chi connectivity index (χ1n) is 9.81. The Kier molecular flexibility index (Phi) is 7.87. The fourth-order valence-electron chi connectivity index (χ4n) is 2.75. The predicted octanol–water partition coefficient (Wildman–Crippen LogP) is 5.64. The van der Waals surface area contributed by atoms with Crippen LogP contribution in [0, 0.1) is 6.92 Å². The topological polar surface area (TPSA) is 153 Å². The quantitative estimate of drug-likeness (QED) is 0.161. The second kappa shape index (κ2) is 10.9. The molecule has 2 heterocycles. The molecule has 0 aliphatic heterocycles. The number of aryl methyl sites for hydroxylation is 1. The molecular weight excluding hydrogens is 551 g/mol. The summed E-state index contributed by atoms with van der Waals surface area (Å²) < 4.78 is -1.84. The first kappa shape index (κ1) is 25.3. The lowest BCUT2D eigenvalue weighted by Crippen LogP contribution is -2.13. The van der Waals surface area contributed by atoms with Gasteiger partial charge in [0, 0.05) is 9.79 Å². The standard InChI is InChI=1S/C20H17Cl3N10S2/c1-10-26-16(24)32-18(27-10)28-11-6-2-4-8-13(11)34-35-14-9-5-3-7-12(14)29-19-31-15(20(21,22)23)30-17(25)33-19/h2-9H,1H3,(H3,24,26,27,28,32)(H3,25,29,30,31,33). The minimum absolute atomic E-state index is 0.0717. The van der Waals surface area contributed by atoms with Gasteiger partial charge in [0.1, 0.15) is 5.82 Å². The smallest absolute Gasteiger partial charge is 0.250 e. The molecule has 0 saturated carbocycles. The number of para-hydroxylation sites is 2. The van der Waals surface area contributed by atoms with Crippen LogP contribution in [0.3, 0.4) is 0 Å². The Morgan fingerprint density at radius 2 is 1.17 bits per heavy atom. The maximum Gasteiger partial charge on any atom is 0.250 e. The first-order chi connectivity index (χ1) is 16.7. The van der Waals surface area contributed by atoms with E-state index in [0.29, 0.717) is 11.8 Å². The monoisotopic (exact) mass is 566 g/mol. The van der Waals surface area contributed by atoms with Gasteiger partial charge in [0.25, 0.3) is 0 Å². The van der Waals surface area contributed by atoms with Gasteiger partial charge in [-0.25, -0.2) is 0 Å². The molecule has 0 amide bonds. The minimum Gasteiger partial charge on any atom is -0.368 e. The van der Waals surface area contributed by atoms with E-state index in [1.165, 1.54) is 21.6 Å². The average molecular weight is 568 g/mol. The summed E-state index contributed by atoms with van der Waals surface area (Å²) in [7, 11) is 3.05. The number of hydrogen-bond donors (Lipinski definition) is 4. The third-order valence-corrected chi connectivity index (χ3v) is 7.15.